The van der Waals surface area contributed by atoms with Crippen molar-refractivity contribution in [1.82, 2.24) is 15.1 Å². The van der Waals surface area contributed by atoms with E-state index in [-0.39, 0.29) is 5.91 Å². The molecule has 0 fully saturated rings. The molecule has 4 rings (SSSR count). The lowest BCUT2D eigenvalue weighted by Gasteiger charge is -2.10. The molecule has 0 aliphatic heterocycles. The molecule has 0 bridgehead atoms. The normalized spacial score (nSPS) is 10.9. The Morgan fingerprint density at radius 3 is 2.48 bits per heavy atom. The van der Waals surface area contributed by atoms with Crippen LogP contribution >= 0.6 is 23.1 Å². The van der Waals surface area contributed by atoms with Crippen molar-refractivity contribution in [3.8, 4) is 11.5 Å². The fraction of sp³-hybridized carbons (Fsp3) is 0.143. The number of carbonyl (C=O) groups is 1. The maximum absolute atomic E-state index is 12.6. The second-order valence-electron chi connectivity index (χ2n) is 6.51. The van der Waals surface area contributed by atoms with E-state index in [0.29, 0.717) is 17.3 Å². The third-order valence-corrected chi connectivity index (χ3v) is 6.22. The van der Waals surface area contributed by atoms with Gasteiger partial charge in [-0.15, -0.1) is 11.3 Å². The van der Waals surface area contributed by atoms with Crippen molar-refractivity contribution in [2.24, 2.45) is 0 Å². The number of carbonyl (C=O) groups excluding carboxylic acids is 1. The molecule has 0 saturated carbocycles. The summed E-state index contributed by atoms with van der Waals surface area (Å²) in [5.41, 5.74) is 4.14. The molecule has 2 heterocycles. The molecule has 6 nitrogen and oxygen atoms in total. The monoisotopic (exact) mass is 422 g/mol. The summed E-state index contributed by atoms with van der Waals surface area (Å²) in [5, 5.41) is 8.79. The molecular formula is C21H18N4O2S2. The van der Waals surface area contributed by atoms with Crippen LogP contribution in [0.25, 0.3) is 11.5 Å². The van der Waals surface area contributed by atoms with Crippen molar-refractivity contribution in [1.29, 1.82) is 0 Å². The highest BCUT2D eigenvalue weighted by Gasteiger charge is 2.11. The van der Waals surface area contributed by atoms with Gasteiger partial charge in [0.15, 0.2) is 10.2 Å². The lowest BCUT2D eigenvalue weighted by Crippen LogP contribution is -2.12. The Morgan fingerprint density at radius 2 is 1.86 bits per heavy atom. The number of aryl methyl sites for hydroxylation is 3. The number of hydrogen-bond acceptors (Lipinski definition) is 7. The molecule has 0 radical (unpaired) electrons. The van der Waals surface area contributed by atoms with E-state index in [1.54, 1.807) is 54.3 Å². The first-order valence-corrected chi connectivity index (χ1v) is 10.6. The van der Waals surface area contributed by atoms with E-state index in [4.69, 9.17) is 4.52 Å². The van der Waals surface area contributed by atoms with Gasteiger partial charge in [0.05, 0.1) is 0 Å². The van der Waals surface area contributed by atoms with Crippen molar-refractivity contribution in [2.75, 3.05) is 5.32 Å². The van der Waals surface area contributed by atoms with E-state index in [1.165, 1.54) is 0 Å². The topological polar surface area (TPSA) is 80.9 Å². The highest BCUT2D eigenvalue weighted by molar-refractivity contribution is 8.01. The average Bonchev–Trinajstić information content (AvgIpc) is 3.32. The summed E-state index contributed by atoms with van der Waals surface area (Å²) in [6.45, 7) is 5.73. The van der Waals surface area contributed by atoms with Crippen molar-refractivity contribution in [3.05, 3.63) is 70.5 Å². The van der Waals surface area contributed by atoms with Crippen LogP contribution in [-0.2, 0) is 0 Å². The third-order valence-electron chi connectivity index (χ3n) is 4.17. The van der Waals surface area contributed by atoms with E-state index < -0.39 is 0 Å². The third kappa shape index (κ3) is 4.55. The van der Waals surface area contributed by atoms with Crippen LogP contribution in [0, 0.1) is 20.8 Å². The first kappa shape index (κ1) is 19.4. The molecule has 0 saturated heterocycles. The fourth-order valence-corrected chi connectivity index (χ4v) is 4.60. The van der Waals surface area contributed by atoms with E-state index in [9.17, 15) is 4.79 Å². The van der Waals surface area contributed by atoms with Crippen LogP contribution in [0.2, 0.25) is 0 Å². The van der Waals surface area contributed by atoms with Gasteiger partial charge in [-0.1, -0.05) is 16.9 Å². The fourth-order valence-electron chi connectivity index (χ4n) is 2.69. The first-order valence-electron chi connectivity index (χ1n) is 8.91. The molecular weight excluding hydrogens is 404 g/mol. The maximum Gasteiger partial charge on any atom is 0.257 e. The molecule has 0 unspecified atom stereocenters. The lowest BCUT2D eigenvalue weighted by atomic mass is 10.1. The molecule has 1 N–H and O–H groups in total. The van der Waals surface area contributed by atoms with E-state index in [0.717, 1.165) is 31.7 Å². The number of nitrogens with zero attached hydrogens (tertiary/aromatic N) is 3. The van der Waals surface area contributed by atoms with Crippen molar-refractivity contribution >= 4 is 34.7 Å². The number of aromatic nitrogens is 3. The van der Waals surface area contributed by atoms with Gasteiger partial charge in [-0.05, 0) is 68.8 Å². The standard InChI is InChI=1S/C21H18N4O2S2/c1-12-10-17(29-21-22-13(2)11-28-21)8-9-18(12)24-19(26)15-4-6-16(7-5-15)20-23-14(3)25-27-20/h4-11H,1-3H3,(H,24,26). The summed E-state index contributed by atoms with van der Waals surface area (Å²) >= 11 is 3.25. The van der Waals surface area contributed by atoms with Gasteiger partial charge in [-0.3, -0.25) is 4.79 Å². The summed E-state index contributed by atoms with van der Waals surface area (Å²) in [6, 6.07) is 13.0. The molecule has 0 atom stereocenters. The largest absolute Gasteiger partial charge is 0.334 e. The van der Waals surface area contributed by atoms with Crippen LogP contribution in [0.3, 0.4) is 0 Å². The van der Waals surface area contributed by atoms with Crippen LogP contribution in [0.5, 0.6) is 0 Å². The second kappa shape index (κ2) is 8.18. The molecule has 0 spiro atoms. The highest BCUT2D eigenvalue weighted by atomic mass is 32.2. The number of nitrogens with one attached hydrogen (secondary N) is 1. The zero-order chi connectivity index (χ0) is 20.4. The molecule has 2 aromatic carbocycles. The minimum absolute atomic E-state index is 0.169. The van der Waals surface area contributed by atoms with Crippen LogP contribution in [-0.4, -0.2) is 21.0 Å². The van der Waals surface area contributed by atoms with E-state index in [2.05, 4.69) is 26.5 Å². The van der Waals surface area contributed by atoms with E-state index in [1.807, 2.05) is 31.4 Å². The number of amides is 1. The zero-order valence-electron chi connectivity index (χ0n) is 16.1. The van der Waals surface area contributed by atoms with Crippen molar-refractivity contribution in [3.63, 3.8) is 0 Å². The minimum Gasteiger partial charge on any atom is -0.334 e. The van der Waals surface area contributed by atoms with Gasteiger partial charge in [-0.2, -0.15) is 4.98 Å². The molecule has 2 aromatic heterocycles. The van der Waals surface area contributed by atoms with Crippen LogP contribution < -0.4 is 5.32 Å². The average molecular weight is 423 g/mol. The van der Waals surface area contributed by atoms with Crippen molar-refractivity contribution in [2.45, 2.75) is 30.0 Å². The Morgan fingerprint density at radius 1 is 1.07 bits per heavy atom. The molecule has 4 aromatic rings. The van der Waals surface area contributed by atoms with Gasteiger partial charge >= 0.3 is 0 Å². The highest BCUT2D eigenvalue weighted by Crippen LogP contribution is 2.32. The summed E-state index contributed by atoms with van der Waals surface area (Å²) in [7, 11) is 0. The predicted molar refractivity (Wildman–Crippen MR) is 115 cm³/mol. The van der Waals surface area contributed by atoms with Crippen LogP contribution in [0.15, 0.2) is 61.6 Å². The van der Waals surface area contributed by atoms with Crippen LogP contribution in [0.4, 0.5) is 5.69 Å². The SMILES string of the molecule is Cc1csc(Sc2ccc(NC(=O)c3ccc(-c4nc(C)no4)cc3)c(C)c2)n1. The zero-order valence-corrected chi connectivity index (χ0v) is 17.7. The molecule has 8 heteroatoms. The summed E-state index contributed by atoms with van der Waals surface area (Å²) in [6.07, 6.45) is 0. The first-order chi connectivity index (χ1) is 14.0. The Labute approximate surface area is 176 Å². The summed E-state index contributed by atoms with van der Waals surface area (Å²) in [4.78, 5) is 22.4. The Bertz CT molecular complexity index is 1170. The predicted octanol–water partition coefficient (Wildman–Crippen LogP) is 5.52. The van der Waals surface area contributed by atoms with Crippen molar-refractivity contribution < 1.29 is 9.32 Å². The number of thiazole rings is 1. The van der Waals surface area contributed by atoms with Crippen LogP contribution in [0.1, 0.15) is 27.4 Å². The number of hydrogen-bond donors (Lipinski definition) is 1. The molecule has 0 aliphatic rings. The van der Waals surface area contributed by atoms with Gasteiger partial charge in [0.25, 0.3) is 11.8 Å². The summed E-state index contributed by atoms with van der Waals surface area (Å²) in [5.74, 6) is 0.843. The molecule has 29 heavy (non-hydrogen) atoms. The second-order valence-corrected chi connectivity index (χ2v) is 8.69. The van der Waals surface area contributed by atoms with Gasteiger partial charge < -0.3 is 9.84 Å². The number of anilines is 1. The van der Waals surface area contributed by atoms with Gasteiger partial charge in [-0.25, -0.2) is 4.98 Å². The van der Waals surface area contributed by atoms with Gasteiger partial charge in [0.2, 0.25) is 0 Å². The van der Waals surface area contributed by atoms with Gasteiger partial charge in [0, 0.05) is 32.8 Å². The molecule has 146 valence electrons. The Hall–Kier alpha value is -2.97. The quantitative estimate of drug-likeness (QED) is 0.456. The number of benzene rings is 2. The summed E-state index contributed by atoms with van der Waals surface area (Å²) < 4.78 is 6.16. The lowest BCUT2D eigenvalue weighted by molar-refractivity contribution is 0.102. The molecule has 0 aliphatic carbocycles. The Balaban J connectivity index is 1.45. The smallest absolute Gasteiger partial charge is 0.257 e. The maximum atomic E-state index is 12.6. The van der Waals surface area contributed by atoms with E-state index >= 15 is 0 Å². The van der Waals surface area contributed by atoms with Gasteiger partial charge in [0.1, 0.15) is 0 Å². The Kier molecular flexibility index (Phi) is 5.46. The number of rotatable bonds is 5. The minimum atomic E-state index is -0.169. The molecule has 1 amide bonds.